The average Bonchev–Trinajstić information content (AvgIpc) is 2.32. The maximum atomic E-state index is 12.2. The first-order valence-electron chi connectivity index (χ1n) is 6.35. The monoisotopic (exact) mass is 242 g/mol. The zero-order valence-corrected chi connectivity index (χ0v) is 11.7. The summed E-state index contributed by atoms with van der Waals surface area (Å²) in [5, 5.41) is 3.11. The van der Waals surface area contributed by atoms with Gasteiger partial charge >= 0.3 is 0 Å². The van der Waals surface area contributed by atoms with Gasteiger partial charge in [-0.3, -0.25) is 4.79 Å². The fourth-order valence-corrected chi connectivity index (χ4v) is 2.26. The third-order valence-corrected chi connectivity index (χ3v) is 4.55. The Morgan fingerprint density at radius 2 is 2.18 bits per heavy atom. The zero-order valence-electron chi connectivity index (χ0n) is 11.7. The van der Waals surface area contributed by atoms with Gasteiger partial charge in [-0.1, -0.05) is 20.8 Å². The van der Waals surface area contributed by atoms with E-state index in [0.717, 1.165) is 12.8 Å². The molecule has 4 nitrogen and oxygen atoms in total. The van der Waals surface area contributed by atoms with E-state index in [9.17, 15) is 4.79 Å². The molecule has 0 aliphatic heterocycles. The van der Waals surface area contributed by atoms with Crippen LogP contribution in [0.1, 0.15) is 40.5 Å². The molecule has 1 aliphatic rings. The molecule has 4 heteroatoms. The largest absolute Gasteiger partial charge is 0.381 e. The van der Waals surface area contributed by atoms with Crippen molar-refractivity contribution in [3.05, 3.63) is 0 Å². The van der Waals surface area contributed by atoms with E-state index in [4.69, 9.17) is 10.5 Å². The van der Waals surface area contributed by atoms with Crippen LogP contribution in [-0.2, 0) is 9.53 Å². The molecule has 0 radical (unpaired) electrons. The van der Waals surface area contributed by atoms with Crippen LogP contribution >= 0.6 is 0 Å². The Bertz CT molecular complexity index is 285. The van der Waals surface area contributed by atoms with Crippen molar-refractivity contribution in [1.29, 1.82) is 0 Å². The summed E-state index contributed by atoms with van der Waals surface area (Å²) in [5.41, 5.74) is 5.25. The highest BCUT2D eigenvalue weighted by Crippen LogP contribution is 2.42. The molecule has 0 aromatic rings. The minimum Gasteiger partial charge on any atom is -0.381 e. The molecule has 0 heterocycles. The molecule has 0 saturated heterocycles. The second-order valence-electron chi connectivity index (χ2n) is 5.93. The van der Waals surface area contributed by atoms with Gasteiger partial charge in [-0.2, -0.15) is 0 Å². The Morgan fingerprint density at radius 3 is 2.53 bits per heavy atom. The number of carbonyl (C=O) groups excluding carboxylic acids is 1. The van der Waals surface area contributed by atoms with Crippen molar-refractivity contribution >= 4 is 5.91 Å². The first-order valence-corrected chi connectivity index (χ1v) is 6.35. The summed E-state index contributed by atoms with van der Waals surface area (Å²) in [7, 11) is 1.72. The fourth-order valence-electron chi connectivity index (χ4n) is 2.26. The molecule has 1 aliphatic carbocycles. The molecule has 1 fully saturated rings. The molecule has 1 rings (SSSR count). The number of hydrogen-bond donors (Lipinski definition) is 2. The second kappa shape index (κ2) is 4.94. The van der Waals surface area contributed by atoms with Crippen LogP contribution in [-0.4, -0.2) is 31.7 Å². The smallest absolute Gasteiger partial charge is 0.227 e. The van der Waals surface area contributed by atoms with Gasteiger partial charge in [-0.25, -0.2) is 0 Å². The third kappa shape index (κ3) is 2.47. The molecule has 0 aromatic heterocycles. The second-order valence-corrected chi connectivity index (χ2v) is 5.93. The molecule has 1 amide bonds. The lowest BCUT2D eigenvalue weighted by molar-refractivity contribution is -0.140. The average molecular weight is 242 g/mol. The minimum atomic E-state index is -0.450. The van der Waals surface area contributed by atoms with Gasteiger partial charge < -0.3 is 15.8 Å². The quantitative estimate of drug-likeness (QED) is 0.763. The van der Waals surface area contributed by atoms with Crippen LogP contribution < -0.4 is 11.1 Å². The summed E-state index contributed by atoms with van der Waals surface area (Å²) in [6, 6.07) is 0.192. The van der Waals surface area contributed by atoms with Crippen LogP contribution in [0.4, 0.5) is 0 Å². The molecule has 100 valence electrons. The van der Waals surface area contributed by atoms with E-state index in [-0.39, 0.29) is 23.5 Å². The van der Waals surface area contributed by atoms with Crippen LogP contribution in [0.25, 0.3) is 0 Å². The molecule has 3 atom stereocenters. The van der Waals surface area contributed by atoms with E-state index in [1.807, 2.05) is 13.8 Å². The van der Waals surface area contributed by atoms with Gasteiger partial charge in [-0.15, -0.1) is 0 Å². The first kappa shape index (κ1) is 14.5. The normalized spacial score (nSPS) is 30.2. The van der Waals surface area contributed by atoms with Gasteiger partial charge in [0.15, 0.2) is 0 Å². The van der Waals surface area contributed by atoms with Gasteiger partial charge in [0, 0.05) is 25.1 Å². The summed E-state index contributed by atoms with van der Waals surface area (Å²) in [6.07, 6.45) is 1.88. The Kier molecular flexibility index (Phi) is 4.20. The van der Waals surface area contributed by atoms with Crippen molar-refractivity contribution in [2.45, 2.75) is 52.7 Å². The molecule has 1 saturated carbocycles. The lowest BCUT2D eigenvalue weighted by Gasteiger charge is -2.51. The Balaban J connectivity index is 2.60. The number of hydrogen-bond acceptors (Lipinski definition) is 3. The summed E-state index contributed by atoms with van der Waals surface area (Å²) in [6.45, 7) is 8.55. The maximum absolute atomic E-state index is 12.2. The number of carbonyl (C=O) groups is 1. The number of methoxy groups -OCH3 is 1. The molecular weight excluding hydrogens is 216 g/mol. The van der Waals surface area contributed by atoms with Crippen LogP contribution in [0, 0.1) is 10.8 Å². The van der Waals surface area contributed by atoms with E-state index in [1.165, 1.54) is 0 Å². The van der Waals surface area contributed by atoms with Crippen molar-refractivity contribution in [3.8, 4) is 0 Å². The van der Waals surface area contributed by atoms with Gasteiger partial charge in [-0.05, 0) is 19.8 Å². The predicted octanol–water partition coefficient (Wildman–Crippen LogP) is 1.29. The van der Waals surface area contributed by atoms with Crippen LogP contribution in [0.15, 0.2) is 0 Å². The highest BCUT2D eigenvalue weighted by atomic mass is 16.5. The lowest BCUT2D eigenvalue weighted by atomic mass is 9.64. The van der Waals surface area contributed by atoms with E-state index in [1.54, 1.807) is 7.11 Å². The summed E-state index contributed by atoms with van der Waals surface area (Å²) < 4.78 is 5.38. The van der Waals surface area contributed by atoms with Crippen molar-refractivity contribution in [1.82, 2.24) is 5.32 Å². The molecule has 3 N–H and O–H groups in total. The molecule has 0 spiro atoms. The van der Waals surface area contributed by atoms with E-state index < -0.39 is 5.41 Å². The number of nitrogens with two attached hydrogens (primary N) is 1. The summed E-state index contributed by atoms with van der Waals surface area (Å²) in [4.78, 5) is 12.2. The Morgan fingerprint density at radius 1 is 1.59 bits per heavy atom. The third-order valence-electron chi connectivity index (χ3n) is 4.55. The maximum Gasteiger partial charge on any atom is 0.227 e. The molecule has 17 heavy (non-hydrogen) atoms. The van der Waals surface area contributed by atoms with E-state index >= 15 is 0 Å². The highest BCUT2D eigenvalue weighted by Gasteiger charge is 2.50. The van der Waals surface area contributed by atoms with Crippen molar-refractivity contribution < 1.29 is 9.53 Å². The SMILES string of the molecule is CCC(C)(CN)C(=O)NC1CC(OC)C1(C)C. The first-order chi connectivity index (χ1) is 7.81. The highest BCUT2D eigenvalue weighted by molar-refractivity contribution is 5.82. The van der Waals surface area contributed by atoms with Gasteiger partial charge in [0.25, 0.3) is 0 Å². The van der Waals surface area contributed by atoms with Crippen LogP contribution in [0.2, 0.25) is 0 Å². The Hall–Kier alpha value is -0.610. The predicted molar refractivity (Wildman–Crippen MR) is 68.6 cm³/mol. The van der Waals surface area contributed by atoms with Crippen molar-refractivity contribution in [3.63, 3.8) is 0 Å². The van der Waals surface area contributed by atoms with Crippen molar-refractivity contribution in [2.24, 2.45) is 16.6 Å². The number of ether oxygens (including phenoxy) is 1. The Labute approximate surface area is 104 Å². The zero-order chi connectivity index (χ0) is 13.3. The number of nitrogens with one attached hydrogen (secondary N) is 1. The van der Waals surface area contributed by atoms with Crippen LogP contribution in [0.3, 0.4) is 0 Å². The van der Waals surface area contributed by atoms with E-state index in [2.05, 4.69) is 19.2 Å². The van der Waals surface area contributed by atoms with E-state index in [0.29, 0.717) is 6.54 Å². The van der Waals surface area contributed by atoms with Crippen molar-refractivity contribution in [2.75, 3.05) is 13.7 Å². The van der Waals surface area contributed by atoms with Crippen LogP contribution in [0.5, 0.6) is 0 Å². The van der Waals surface area contributed by atoms with Gasteiger partial charge in [0.05, 0.1) is 11.5 Å². The summed E-state index contributed by atoms with van der Waals surface area (Å²) in [5.74, 6) is 0.0649. The van der Waals surface area contributed by atoms with Gasteiger partial charge in [0.2, 0.25) is 5.91 Å². The van der Waals surface area contributed by atoms with Gasteiger partial charge in [0.1, 0.15) is 0 Å². The molecule has 0 aromatic carbocycles. The minimum absolute atomic E-state index is 0.00760. The molecule has 0 bridgehead atoms. The summed E-state index contributed by atoms with van der Waals surface area (Å²) >= 11 is 0. The fraction of sp³-hybridized carbons (Fsp3) is 0.923. The molecular formula is C13H26N2O2. The standard InChI is InChI=1S/C13H26N2O2/c1-6-13(4,8-14)11(16)15-9-7-10(17-5)12(9,2)3/h9-10H,6-8,14H2,1-5H3,(H,15,16). The topological polar surface area (TPSA) is 64.4 Å². The molecule has 3 unspecified atom stereocenters. The number of amides is 1. The lowest BCUT2D eigenvalue weighted by Crippen LogP contribution is -2.63. The number of rotatable bonds is 5.